The van der Waals surface area contributed by atoms with Crippen LogP contribution in [0.4, 0.5) is 0 Å². The topological polar surface area (TPSA) is 44.8 Å². The summed E-state index contributed by atoms with van der Waals surface area (Å²) in [4.78, 5) is 15.1. The molecule has 1 fully saturated rings. The standard InChI is InChI=1S/C29H34N4/c1-19(2)28-26-16-24(23-9-12-33(13-10-23)18-22-6-5-11-30-17-22)7-8-27(26)32-29(28)25-14-20(3)31-21(4)15-25/h5-8,11,14-17,19,23,32H,9-10,12-13,18H2,1-4H3. The molecule has 0 unspecified atom stereocenters. The number of benzene rings is 1. The van der Waals surface area contributed by atoms with Crippen LogP contribution < -0.4 is 0 Å². The van der Waals surface area contributed by atoms with Gasteiger partial charge < -0.3 is 4.98 Å². The minimum Gasteiger partial charge on any atom is -0.354 e. The highest BCUT2D eigenvalue weighted by molar-refractivity contribution is 5.92. The second-order valence-corrected chi connectivity index (χ2v) is 9.92. The van der Waals surface area contributed by atoms with Crippen LogP contribution in [0, 0.1) is 13.8 Å². The number of aryl methyl sites for hydroxylation is 2. The van der Waals surface area contributed by atoms with E-state index in [0.717, 1.165) is 31.0 Å². The molecule has 33 heavy (non-hydrogen) atoms. The average Bonchev–Trinajstić information content (AvgIpc) is 3.19. The number of hydrogen-bond donors (Lipinski definition) is 1. The maximum absolute atomic E-state index is 4.57. The predicted octanol–water partition coefficient (Wildman–Crippen LogP) is 6.74. The smallest absolute Gasteiger partial charge is 0.0501 e. The Morgan fingerprint density at radius 3 is 2.45 bits per heavy atom. The number of aromatic amines is 1. The van der Waals surface area contributed by atoms with Crippen molar-refractivity contribution in [1.29, 1.82) is 0 Å². The number of hydrogen-bond acceptors (Lipinski definition) is 3. The van der Waals surface area contributed by atoms with Crippen molar-refractivity contribution in [2.45, 2.75) is 58.9 Å². The summed E-state index contributed by atoms with van der Waals surface area (Å²) in [5.74, 6) is 1.07. The van der Waals surface area contributed by atoms with E-state index in [2.05, 4.69) is 83.9 Å². The zero-order valence-electron chi connectivity index (χ0n) is 20.2. The minimum atomic E-state index is 0.444. The van der Waals surface area contributed by atoms with Gasteiger partial charge in [0.15, 0.2) is 0 Å². The van der Waals surface area contributed by atoms with Gasteiger partial charge in [-0.2, -0.15) is 0 Å². The first kappa shape index (κ1) is 21.8. The highest BCUT2D eigenvalue weighted by Crippen LogP contribution is 2.38. The van der Waals surface area contributed by atoms with Gasteiger partial charge in [0, 0.05) is 46.8 Å². The van der Waals surface area contributed by atoms with Crippen LogP contribution in [0.15, 0.2) is 54.9 Å². The number of piperidine rings is 1. The van der Waals surface area contributed by atoms with E-state index in [1.807, 2.05) is 18.5 Å². The number of nitrogens with one attached hydrogen (secondary N) is 1. The van der Waals surface area contributed by atoms with E-state index in [0.29, 0.717) is 11.8 Å². The van der Waals surface area contributed by atoms with Crippen molar-refractivity contribution in [3.63, 3.8) is 0 Å². The van der Waals surface area contributed by atoms with E-state index in [1.165, 1.54) is 51.7 Å². The molecule has 5 rings (SSSR count). The predicted molar refractivity (Wildman–Crippen MR) is 137 cm³/mol. The van der Waals surface area contributed by atoms with E-state index in [9.17, 15) is 0 Å². The molecule has 4 heteroatoms. The Morgan fingerprint density at radius 2 is 1.79 bits per heavy atom. The summed E-state index contributed by atoms with van der Waals surface area (Å²) < 4.78 is 0. The van der Waals surface area contributed by atoms with Crippen LogP contribution >= 0.6 is 0 Å². The van der Waals surface area contributed by atoms with Crippen molar-refractivity contribution < 1.29 is 0 Å². The van der Waals surface area contributed by atoms with Crippen LogP contribution in [0.1, 0.15) is 66.6 Å². The van der Waals surface area contributed by atoms with Gasteiger partial charge >= 0.3 is 0 Å². The summed E-state index contributed by atoms with van der Waals surface area (Å²) in [6, 6.07) is 15.7. The third kappa shape index (κ3) is 4.58. The molecule has 4 aromatic rings. The van der Waals surface area contributed by atoms with Crippen molar-refractivity contribution >= 4 is 10.9 Å². The van der Waals surface area contributed by atoms with Crippen molar-refractivity contribution in [1.82, 2.24) is 19.9 Å². The number of pyridine rings is 2. The molecule has 0 atom stereocenters. The quantitative estimate of drug-likeness (QED) is 0.375. The molecule has 170 valence electrons. The van der Waals surface area contributed by atoms with Crippen LogP contribution in [0.25, 0.3) is 22.2 Å². The fourth-order valence-electron chi connectivity index (χ4n) is 5.46. The Balaban J connectivity index is 1.41. The average molecular weight is 439 g/mol. The molecule has 1 aromatic carbocycles. The van der Waals surface area contributed by atoms with Crippen LogP contribution in [0.3, 0.4) is 0 Å². The molecule has 1 N–H and O–H groups in total. The van der Waals surface area contributed by atoms with E-state index in [4.69, 9.17) is 0 Å². The highest BCUT2D eigenvalue weighted by atomic mass is 15.1. The van der Waals surface area contributed by atoms with E-state index in [1.54, 1.807) is 0 Å². The van der Waals surface area contributed by atoms with Crippen molar-refractivity contribution in [2.24, 2.45) is 0 Å². The molecule has 1 saturated heterocycles. The molecule has 4 heterocycles. The van der Waals surface area contributed by atoms with Gasteiger partial charge in [-0.25, -0.2) is 0 Å². The van der Waals surface area contributed by atoms with Crippen molar-refractivity contribution in [3.05, 3.63) is 82.9 Å². The number of rotatable bonds is 5. The molecule has 0 radical (unpaired) electrons. The van der Waals surface area contributed by atoms with Gasteiger partial charge in [-0.3, -0.25) is 14.9 Å². The molecule has 3 aromatic heterocycles. The summed E-state index contributed by atoms with van der Waals surface area (Å²) in [6.07, 6.45) is 6.26. The van der Waals surface area contributed by atoms with E-state index < -0.39 is 0 Å². The normalized spacial score (nSPS) is 15.5. The molecule has 1 aliphatic rings. The first-order chi connectivity index (χ1) is 16.0. The molecule has 1 aliphatic heterocycles. The Bertz CT molecular complexity index is 1230. The largest absolute Gasteiger partial charge is 0.354 e. The number of H-pyrrole nitrogens is 1. The van der Waals surface area contributed by atoms with E-state index >= 15 is 0 Å². The fourth-order valence-corrected chi connectivity index (χ4v) is 5.46. The van der Waals surface area contributed by atoms with Gasteiger partial charge in [-0.15, -0.1) is 0 Å². The SMILES string of the molecule is Cc1cc(-c2[nH]c3ccc(C4CCN(Cc5cccnc5)CC4)cc3c2C(C)C)cc(C)n1. The minimum absolute atomic E-state index is 0.444. The molecule has 0 bridgehead atoms. The van der Waals surface area contributed by atoms with Gasteiger partial charge in [0.1, 0.15) is 0 Å². The number of aromatic nitrogens is 3. The molecule has 0 spiro atoms. The lowest BCUT2D eigenvalue weighted by atomic mass is 9.87. The van der Waals surface area contributed by atoms with Gasteiger partial charge in [-0.1, -0.05) is 26.0 Å². The van der Waals surface area contributed by atoms with Crippen LogP contribution in [-0.4, -0.2) is 32.9 Å². The second-order valence-electron chi connectivity index (χ2n) is 9.92. The lowest BCUT2D eigenvalue weighted by Gasteiger charge is -2.32. The number of fused-ring (bicyclic) bond motifs is 1. The Kier molecular flexibility index (Phi) is 6.03. The van der Waals surface area contributed by atoms with Crippen molar-refractivity contribution in [3.8, 4) is 11.3 Å². The molecular weight excluding hydrogens is 404 g/mol. The summed E-state index contributed by atoms with van der Waals surface area (Å²) in [5.41, 5.74) is 10.1. The van der Waals surface area contributed by atoms with Gasteiger partial charge in [0.05, 0.1) is 5.69 Å². The maximum atomic E-state index is 4.57. The molecule has 0 saturated carbocycles. The van der Waals surface area contributed by atoms with Crippen LogP contribution in [0.5, 0.6) is 0 Å². The lowest BCUT2D eigenvalue weighted by Crippen LogP contribution is -2.32. The zero-order valence-corrected chi connectivity index (χ0v) is 20.2. The summed E-state index contributed by atoms with van der Waals surface area (Å²) >= 11 is 0. The highest BCUT2D eigenvalue weighted by Gasteiger charge is 2.23. The van der Waals surface area contributed by atoms with E-state index in [-0.39, 0.29) is 0 Å². The first-order valence-electron chi connectivity index (χ1n) is 12.2. The number of nitrogens with zero attached hydrogens (tertiary/aromatic N) is 3. The molecule has 0 aliphatic carbocycles. The fraction of sp³-hybridized carbons (Fsp3) is 0.379. The third-order valence-corrected chi connectivity index (χ3v) is 7.00. The summed E-state index contributed by atoms with van der Waals surface area (Å²) in [5, 5.41) is 1.38. The summed E-state index contributed by atoms with van der Waals surface area (Å²) in [6.45, 7) is 12.0. The van der Waals surface area contributed by atoms with Crippen LogP contribution in [0.2, 0.25) is 0 Å². The monoisotopic (exact) mass is 438 g/mol. The Hall–Kier alpha value is -2.98. The van der Waals surface area contributed by atoms with Gasteiger partial charge in [-0.05, 0) is 98.6 Å². The molecular formula is C29H34N4. The maximum Gasteiger partial charge on any atom is 0.0501 e. The van der Waals surface area contributed by atoms with Crippen LogP contribution in [-0.2, 0) is 6.54 Å². The number of likely N-dealkylation sites (tertiary alicyclic amines) is 1. The first-order valence-corrected chi connectivity index (χ1v) is 12.2. The molecule has 4 nitrogen and oxygen atoms in total. The summed E-state index contributed by atoms with van der Waals surface area (Å²) in [7, 11) is 0. The van der Waals surface area contributed by atoms with Crippen molar-refractivity contribution in [2.75, 3.05) is 13.1 Å². The van der Waals surface area contributed by atoms with Gasteiger partial charge in [0.2, 0.25) is 0 Å². The molecule has 0 amide bonds. The Labute approximate surface area is 197 Å². The second kappa shape index (κ2) is 9.11. The zero-order chi connectivity index (χ0) is 22.9. The Morgan fingerprint density at radius 1 is 1.03 bits per heavy atom. The lowest BCUT2D eigenvalue weighted by molar-refractivity contribution is 0.204. The third-order valence-electron chi connectivity index (χ3n) is 7.00. The van der Waals surface area contributed by atoms with Gasteiger partial charge in [0.25, 0.3) is 0 Å².